The third-order valence-corrected chi connectivity index (χ3v) is 10.2. The lowest BCUT2D eigenvalue weighted by Gasteiger charge is -2.28. The molecule has 0 aromatic carbocycles. The van der Waals surface area contributed by atoms with Crippen LogP contribution >= 0.6 is 7.82 Å². The number of carbonyl (C=O) groups excluding carboxylic acids is 2. The van der Waals surface area contributed by atoms with Gasteiger partial charge in [0.25, 0.3) is 7.82 Å². The third kappa shape index (κ3) is 39.1. The maximum Gasteiger partial charge on any atom is 0.306 e. The lowest BCUT2D eigenvalue weighted by molar-refractivity contribution is -0.870. The number of carbonyl (C=O) groups is 2. The maximum atomic E-state index is 12.7. The van der Waals surface area contributed by atoms with Gasteiger partial charge in [-0.2, -0.15) is 0 Å². The molecule has 0 fully saturated rings. The highest BCUT2D eigenvalue weighted by molar-refractivity contribution is 7.45. The number of phosphoric ester groups is 1. The first-order chi connectivity index (χ1) is 27.8. The molecule has 336 valence electrons. The smallest absolute Gasteiger partial charge is 0.306 e. The van der Waals surface area contributed by atoms with Gasteiger partial charge in [0.05, 0.1) is 40.0 Å². The van der Waals surface area contributed by atoms with Crippen molar-refractivity contribution < 1.29 is 52.3 Å². The quantitative estimate of drug-likeness (QED) is 0.0201. The molecular formula is C46H82NO10P. The van der Waals surface area contributed by atoms with Crippen molar-refractivity contribution >= 4 is 19.8 Å². The minimum Gasteiger partial charge on any atom is -0.756 e. The van der Waals surface area contributed by atoms with Crippen LogP contribution in [0.2, 0.25) is 0 Å². The fraction of sp³-hybridized carbons (Fsp3) is 0.739. The number of aliphatic hydroxyl groups excluding tert-OH is 2. The predicted molar refractivity (Wildman–Crippen MR) is 234 cm³/mol. The molecule has 0 aromatic rings. The van der Waals surface area contributed by atoms with E-state index in [1.165, 1.54) is 38.5 Å². The number of hydrogen-bond acceptors (Lipinski definition) is 10. The molecule has 0 rings (SSSR count). The van der Waals surface area contributed by atoms with E-state index >= 15 is 0 Å². The SMILES string of the molecule is CC/C=C\C/C=C\C/C=C\C/C=C\C[C@@H](O)[C@H](O)CCCC(=O)O[C@H](COC(=O)CCCCCCC/C=C\CCCCCCCC)COP(=O)([O-])OCC[N+](C)(C)C. The number of nitrogens with zero attached hydrogens (tertiary/aromatic N) is 1. The van der Waals surface area contributed by atoms with Crippen LogP contribution in [0.3, 0.4) is 0 Å². The van der Waals surface area contributed by atoms with Crippen LogP contribution in [0.1, 0.15) is 155 Å². The van der Waals surface area contributed by atoms with Crippen molar-refractivity contribution in [3.63, 3.8) is 0 Å². The first-order valence-electron chi connectivity index (χ1n) is 22.2. The summed E-state index contributed by atoms with van der Waals surface area (Å²) in [6, 6.07) is 0. The fourth-order valence-electron chi connectivity index (χ4n) is 5.62. The van der Waals surface area contributed by atoms with Crippen LogP contribution in [0.15, 0.2) is 60.8 Å². The monoisotopic (exact) mass is 840 g/mol. The van der Waals surface area contributed by atoms with Gasteiger partial charge in [-0.1, -0.05) is 126 Å². The van der Waals surface area contributed by atoms with Crippen LogP contribution in [0.4, 0.5) is 0 Å². The number of likely N-dealkylation sites (N-methyl/N-ethyl adjacent to an activating group) is 1. The normalized spacial score (nSPS) is 15.2. The Balaban J connectivity index is 4.63. The second-order valence-corrected chi connectivity index (χ2v) is 17.4. The van der Waals surface area contributed by atoms with Gasteiger partial charge in [0.1, 0.15) is 19.8 Å². The van der Waals surface area contributed by atoms with Crippen LogP contribution in [0.25, 0.3) is 0 Å². The summed E-state index contributed by atoms with van der Waals surface area (Å²) in [4.78, 5) is 37.6. The Labute approximate surface area is 352 Å². The highest BCUT2D eigenvalue weighted by Crippen LogP contribution is 2.38. The summed E-state index contributed by atoms with van der Waals surface area (Å²) < 4.78 is 33.6. The van der Waals surface area contributed by atoms with E-state index in [9.17, 15) is 29.3 Å². The van der Waals surface area contributed by atoms with E-state index in [1.54, 1.807) is 0 Å². The standard InChI is InChI=1S/C46H82NO10P/c1-6-8-10-12-14-16-18-20-21-22-24-26-28-30-32-36-45(50)54-40-42(41-56-58(52,53)55-39-38-47(3,4)5)57-46(51)37-33-35-44(49)43(48)34-31-29-27-25-23-19-17-15-13-11-9-7-2/h9,11,15,17,20-21,23,25,29,31,42-44,48-49H,6-8,10,12-14,16,18-19,22,24,26-28,30,32-41H2,1-5H3/b11-9-,17-15-,21-20-,25-23-,31-29-/t42-,43-,44-/m1/s1. The van der Waals surface area contributed by atoms with Crippen LogP contribution < -0.4 is 4.89 Å². The lowest BCUT2D eigenvalue weighted by Crippen LogP contribution is -2.37. The number of aliphatic hydroxyl groups is 2. The van der Waals surface area contributed by atoms with E-state index in [4.69, 9.17) is 18.5 Å². The second kappa shape index (κ2) is 37.6. The van der Waals surface area contributed by atoms with Crippen LogP contribution in [0, 0.1) is 0 Å². The molecule has 0 aliphatic carbocycles. The Kier molecular flexibility index (Phi) is 36.1. The number of allylic oxidation sites excluding steroid dienone is 9. The zero-order valence-electron chi connectivity index (χ0n) is 36.9. The number of quaternary nitrogens is 1. The Morgan fingerprint density at radius 1 is 0.638 bits per heavy atom. The first kappa shape index (κ1) is 55.6. The zero-order chi connectivity index (χ0) is 43.2. The summed E-state index contributed by atoms with van der Waals surface area (Å²) in [5.41, 5.74) is 0. The van der Waals surface area contributed by atoms with Crippen molar-refractivity contribution in [2.75, 3.05) is 47.5 Å². The number of unbranched alkanes of at least 4 members (excludes halogenated alkanes) is 11. The van der Waals surface area contributed by atoms with Crippen LogP contribution in [-0.2, 0) is 32.7 Å². The molecule has 0 amide bonds. The molecule has 2 N–H and O–H groups in total. The molecule has 0 bridgehead atoms. The molecule has 0 saturated heterocycles. The Morgan fingerprint density at radius 2 is 1.17 bits per heavy atom. The molecule has 11 nitrogen and oxygen atoms in total. The topological polar surface area (TPSA) is 152 Å². The largest absolute Gasteiger partial charge is 0.756 e. The van der Waals surface area contributed by atoms with Gasteiger partial charge < -0.3 is 38.1 Å². The van der Waals surface area contributed by atoms with Gasteiger partial charge >= 0.3 is 11.9 Å². The molecule has 0 aliphatic rings. The summed E-state index contributed by atoms with van der Waals surface area (Å²) >= 11 is 0. The Hall–Kier alpha value is -2.37. The Morgan fingerprint density at radius 3 is 1.76 bits per heavy atom. The number of esters is 2. The van der Waals surface area contributed by atoms with E-state index in [2.05, 4.69) is 56.4 Å². The first-order valence-corrected chi connectivity index (χ1v) is 23.6. The molecule has 0 aromatic heterocycles. The van der Waals surface area contributed by atoms with Gasteiger partial charge in [-0.25, -0.2) is 0 Å². The summed E-state index contributed by atoms with van der Waals surface area (Å²) in [7, 11) is 0.974. The number of ether oxygens (including phenoxy) is 2. The molecule has 4 atom stereocenters. The molecule has 0 aliphatic heterocycles. The lowest BCUT2D eigenvalue weighted by atomic mass is 10.0. The van der Waals surface area contributed by atoms with Crippen molar-refractivity contribution in [3.8, 4) is 0 Å². The average Bonchev–Trinajstić information content (AvgIpc) is 3.17. The third-order valence-electron chi connectivity index (χ3n) is 9.22. The molecule has 0 radical (unpaired) electrons. The Bertz CT molecular complexity index is 1210. The van der Waals surface area contributed by atoms with Gasteiger partial charge in [0.2, 0.25) is 0 Å². The van der Waals surface area contributed by atoms with Crippen molar-refractivity contribution in [3.05, 3.63) is 60.8 Å². The van der Waals surface area contributed by atoms with Gasteiger partial charge in [0, 0.05) is 12.8 Å². The van der Waals surface area contributed by atoms with Crippen molar-refractivity contribution in [1.82, 2.24) is 0 Å². The molecule has 58 heavy (non-hydrogen) atoms. The summed E-state index contributed by atoms with van der Waals surface area (Å²) in [5, 5.41) is 20.8. The van der Waals surface area contributed by atoms with Crippen LogP contribution in [-0.4, -0.2) is 92.5 Å². The van der Waals surface area contributed by atoms with E-state index in [0.717, 1.165) is 64.2 Å². The molecule has 0 saturated carbocycles. The van der Waals surface area contributed by atoms with Gasteiger partial charge in [-0.15, -0.1) is 0 Å². The fourth-order valence-corrected chi connectivity index (χ4v) is 6.35. The molecule has 1 unspecified atom stereocenters. The second-order valence-electron chi connectivity index (χ2n) is 16.0. The van der Waals surface area contributed by atoms with Gasteiger partial charge in [0.15, 0.2) is 6.10 Å². The molecule has 0 heterocycles. The number of rotatable bonds is 39. The number of phosphoric acid groups is 1. The summed E-state index contributed by atoms with van der Waals surface area (Å²) in [6.07, 6.45) is 37.1. The summed E-state index contributed by atoms with van der Waals surface area (Å²) in [6.45, 7) is 3.74. The van der Waals surface area contributed by atoms with E-state index < -0.39 is 44.7 Å². The van der Waals surface area contributed by atoms with E-state index in [-0.39, 0.29) is 45.3 Å². The molecule has 12 heteroatoms. The maximum absolute atomic E-state index is 12.7. The van der Waals surface area contributed by atoms with Gasteiger partial charge in [-0.05, 0) is 77.0 Å². The molecular weight excluding hydrogens is 757 g/mol. The van der Waals surface area contributed by atoms with Crippen molar-refractivity contribution in [2.45, 2.75) is 173 Å². The van der Waals surface area contributed by atoms with Crippen molar-refractivity contribution in [1.29, 1.82) is 0 Å². The average molecular weight is 840 g/mol. The van der Waals surface area contributed by atoms with E-state index in [0.29, 0.717) is 17.4 Å². The van der Waals surface area contributed by atoms with Gasteiger partial charge in [-0.3, -0.25) is 14.2 Å². The summed E-state index contributed by atoms with van der Waals surface area (Å²) in [5.74, 6) is -1.14. The van der Waals surface area contributed by atoms with Crippen LogP contribution in [0.5, 0.6) is 0 Å². The highest BCUT2D eigenvalue weighted by Gasteiger charge is 2.22. The minimum atomic E-state index is -4.71. The minimum absolute atomic E-state index is 0.0872. The van der Waals surface area contributed by atoms with E-state index in [1.807, 2.05) is 39.4 Å². The van der Waals surface area contributed by atoms with Crippen molar-refractivity contribution in [2.24, 2.45) is 0 Å². The zero-order valence-corrected chi connectivity index (χ0v) is 37.8. The molecule has 0 spiro atoms. The highest BCUT2D eigenvalue weighted by atomic mass is 31.2. The predicted octanol–water partition coefficient (Wildman–Crippen LogP) is 9.77. The number of hydrogen-bond donors (Lipinski definition) is 2.